The van der Waals surface area contributed by atoms with Crippen LogP contribution in [0.5, 0.6) is 5.75 Å². The third kappa shape index (κ3) is 6.69. The topological polar surface area (TPSA) is 75.7 Å². The van der Waals surface area contributed by atoms with E-state index in [0.717, 1.165) is 33.0 Å². The van der Waals surface area contributed by atoms with Crippen LogP contribution in [-0.4, -0.2) is 38.5 Å². The molecule has 0 saturated carbocycles. The van der Waals surface area contributed by atoms with Gasteiger partial charge < -0.3 is 10.1 Å². The Hall–Kier alpha value is -2.09. The highest BCUT2D eigenvalue weighted by molar-refractivity contribution is 7.88. The van der Waals surface area contributed by atoms with Crippen LogP contribution in [-0.2, 0) is 21.4 Å². The lowest BCUT2D eigenvalue weighted by Gasteiger charge is -2.23. The number of sulfonamides is 1. The van der Waals surface area contributed by atoms with Gasteiger partial charge in [0, 0.05) is 11.6 Å². The summed E-state index contributed by atoms with van der Waals surface area (Å²) < 4.78 is 31.2. The molecule has 0 bridgehead atoms. The van der Waals surface area contributed by atoms with Crippen molar-refractivity contribution in [2.45, 2.75) is 46.2 Å². The standard InChI is InChI=1S/C23H31ClN2O4S/c1-15(2)19-12-20(16(3)11-22(19)30-5)17(4)25-23(27)14-26(31(6,28)29)13-18-9-7-8-10-21(18)24/h7-12,15,17H,13-14H2,1-6H3,(H,25,27)/t17-/m0/s1. The first-order valence-electron chi connectivity index (χ1n) is 10.1. The zero-order valence-electron chi connectivity index (χ0n) is 18.9. The largest absolute Gasteiger partial charge is 0.496 e. The molecular weight excluding hydrogens is 436 g/mol. The molecule has 6 nitrogen and oxygen atoms in total. The van der Waals surface area contributed by atoms with Gasteiger partial charge >= 0.3 is 0 Å². The number of carbonyl (C=O) groups excluding carboxylic acids is 1. The normalized spacial score (nSPS) is 12.8. The van der Waals surface area contributed by atoms with Crippen LogP contribution in [0.1, 0.15) is 55.0 Å². The molecule has 1 atom stereocenters. The molecule has 170 valence electrons. The van der Waals surface area contributed by atoms with Crippen LogP contribution < -0.4 is 10.1 Å². The van der Waals surface area contributed by atoms with Crippen LogP contribution in [0.4, 0.5) is 0 Å². The minimum atomic E-state index is -3.61. The number of benzene rings is 2. The number of nitrogens with zero attached hydrogens (tertiary/aromatic N) is 1. The van der Waals surface area contributed by atoms with Crippen LogP contribution in [0.25, 0.3) is 0 Å². The molecule has 2 aromatic rings. The van der Waals surface area contributed by atoms with Crippen molar-refractivity contribution >= 4 is 27.5 Å². The number of aryl methyl sites for hydroxylation is 1. The minimum absolute atomic E-state index is 0.0272. The van der Waals surface area contributed by atoms with Crippen molar-refractivity contribution in [3.8, 4) is 5.75 Å². The van der Waals surface area contributed by atoms with E-state index in [0.29, 0.717) is 10.6 Å². The number of carbonyl (C=O) groups is 1. The summed E-state index contributed by atoms with van der Waals surface area (Å²) in [6.07, 6.45) is 1.09. The number of halogens is 1. The van der Waals surface area contributed by atoms with Gasteiger partial charge in [-0.15, -0.1) is 0 Å². The molecule has 0 aliphatic rings. The van der Waals surface area contributed by atoms with Gasteiger partial charge in [0.05, 0.1) is 26.0 Å². The third-order valence-corrected chi connectivity index (χ3v) is 6.74. The molecule has 0 heterocycles. The lowest BCUT2D eigenvalue weighted by Crippen LogP contribution is -2.40. The summed E-state index contributed by atoms with van der Waals surface area (Å²) in [4.78, 5) is 12.7. The van der Waals surface area contributed by atoms with E-state index in [-0.39, 0.29) is 31.0 Å². The summed E-state index contributed by atoms with van der Waals surface area (Å²) in [6, 6.07) is 10.7. The van der Waals surface area contributed by atoms with Crippen LogP contribution in [0.3, 0.4) is 0 Å². The zero-order valence-corrected chi connectivity index (χ0v) is 20.5. The van der Waals surface area contributed by atoms with Crippen molar-refractivity contribution in [1.82, 2.24) is 9.62 Å². The molecular formula is C23H31ClN2O4S. The number of methoxy groups -OCH3 is 1. The fourth-order valence-corrected chi connectivity index (χ4v) is 4.36. The van der Waals surface area contributed by atoms with Crippen molar-refractivity contribution in [1.29, 1.82) is 0 Å². The van der Waals surface area contributed by atoms with Gasteiger partial charge in [-0.1, -0.05) is 43.6 Å². The Morgan fingerprint density at radius 2 is 1.81 bits per heavy atom. The Morgan fingerprint density at radius 1 is 1.16 bits per heavy atom. The quantitative estimate of drug-likeness (QED) is 0.593. The molecule has 31 heavy (non-hydrogen) atoms. The molecule has 1 N–H and O–H groups in total. The smallest absolute Gasteiger partial charge is 0.235 e. The van der Waals surface area contributed by atoms with E-state index in [1.54, 1.807) is 31.4 Å². The fourth-order valence-electron chi connectivity index (χ4n) is 3.44. The Balaban J connectivity index is 2.19. The Kier molecular flexibility index (Phi) is 8.51. The van der Waals surface area contributed by atoms with Crippen LogP contribution >= 0.6 is 11.6 Å². The maximum atomic E-state index is 12.7. The predicted octanol–water partition coefficient (Wildman–Crippen LogP) is 4.42. The molecule has 0 aromatic heterocycles. The summed E-state index contributed by atoms with van der Waals surface area (Å²) in [6.45, 7) is 7.75. The molecule has 1 amide bonds. The first kappa shape index (κ1) is 25.2. The molecule has 0 spiro atoms. The Bertz CT molecular complexity index is 1040. The summed E-state index contributed by atoms with van der Waals surface area (Å²) in [5.74, 6) is 0.692. The molecule has 0 fully saturated rings. The molecule has 0 aliphatic heterocycles. The Morgan fingerprint density at radius 3 is 2.35 bits per heavy atom. The summed E-state index contributed by atoms with van der Waals surface area (Å²) >= 11 is 6.17. The maximum Gasteiger partial charge on any atom is 0.235 e. The maximum absolute atomic E-state index is 12.7. The predicted molar refractivity (Wildman–Crippen MR) is 125 cm³/mol. The summed E-state index contributed by atoms with van der Waals surface area (Å²) in [7, 11) is -1.97. The molecule has 2 aromatic carbocycles. The zero-order chi connectivity index (χ0) is 23.3. The lowest BCUT2D eigenvalue weighted by molar-refractivity contribution is -0.122. The minimum Gasteiger partial charge on any atom is -0.496 e. The highest BCUT2D eigenvalue weighted by Crippen LogP contribution is 2.32. The first-order chi connectivity index (χ1) is 14.4. The number of rotatable bonds is 9. The molecule has 0 unspecified atom stereocenters. The fraction of sp³-hybridized carbons (Fsp3) is 0.435. The third-order valence-electron chi connectivity index (χ3n) is 5.18. The molecule has 0 saturated heterocycles. The molecule has 0 aliphatic carbocycles. The van der Waals surface area contributed by atoms with Crippen molar-refractivity contribution in [2.75, 3.05) is 19.9 Å². The van der Waals surface area contributed by atoms with Crippen molar-refractivity contribution < 1.29 is 17.9 Å². The van der Waals surface area contributed by atoms with Crippen LogP contribution in [0.15, 0.2) is 36.4 Å². The van der Waals surface area contributed by atoms with E-state index >= 15 is 0 Å². The SMILES string of the molecule is COc1cc(C)c([C@H](C)NC(=O)CN(Cc2ccccc2Cl)S(C)(=O)=O)cc1C(C)C. The van der Waals surface area contributed by atoms with E-state index in [1.807, 2.05) is 26.0 Å². The van der Waals surface area contributed by atoms with Gasteiger partial charge in [0.1, 0.15) is 5.75 Å². The van der Waals surface area contributed by atoms with Gasteiger partial charge in [-0.2, -0.15) is 4.31 Å². The van der Waals surface area contributed by atoms with Gasteiger partial charge in [-0.25, -0.2) is 8.42 Å². The van der Waals surface area contributed by atoms with Gasteiger partial charge in [0.2, 0.25) is 15.9 Å². The lowest BCUT2D eigenvalue weighted by atomic mass is 9.93. The highest BCUT2D eigenvalue weighted by Gasteiger charge is 2.23. The van der Waals surface area contributed by atoms with E-state index in [9.17, 15) is 13.2 Å². The van der Waals surface area contributed by atoms with E-state index in [4.69, 9.17) is 16.3 Å². The number of amides is 1. The van der Waals surface area contributed by atoms with Gasteiger partial charge in [0.15, 0.2) is 0 Å². The van der Waals surface area contributed by atoms with Gasteiger partial charge in [0.25, 0.3) is 0 Å². The van der Waals surface area contributed by atoms with E-state index < -0.39 is 10.0 Å². The first-order valence-corrected chi connectivity index (χ1v) is 12.3. The average molecular weight is 467 g/mol. The van der Waals surface area contributed by atoms with Crippen LogP contribution in [0, 0.1) is 6.92 Å². The van der Waals surface area contributed by atoms with Gasteiger partial charge in [-0.3, -0.25) is 4.79 Å². The second kappa shape index (κ2) is 10.5. The second-order valence-corrected chi connectivity index (χ2v) is 10.4. The van der Waals surface area contributed by atoms with Crippen molar-refractivity contribution in [3.05, 3.63) is 63.7 Å². The molecule has 2 rings (SSSR count). The number of nitrogens with one attached hydrogen (secondary N) is 1. The molecule has 0 radical (unpaired) electrons. The Labute approximate surface area is 190 Å². The number of hydrogen-bond donors (Lipinski definition) is 1. The summed E-state index contributed by atoms with van der Waals surface area (Å²) in [5.41, 5.74) is 3.66. The number of hydrogen-bond acceptors (Lipinski definition) is 4. The van der Waals surface area contributed by atoms with E-state index in [2.05, 4.69) is 19.2 Å². The monoisotopic (exact) mass is 466 g/mol. The highest BCUT2D eigenvalue weighted by atomic mass is 35.5. The van der Waals surface area contributed by atoms with E-state index in [1.165, 1.54) is 0 Å². The summed E-state index contributed by atoms with van der Waals surface area (Å²) in [5, 5.41) is 3.38. The average Bonchev–Trinajstić information content (AvgIpc) is 2.67. The molecule has 8 heteroatoms. The van der Waals surface area contributed by atoms with Crippen molar-refractivity contribution in [2.24, 2.45) is 0 Å². The van der Waals surface area contributed by atoms with Crippen LogP contribution in [0.2, 0.25) is 5.02 Å². The van der Waals surface area contributed by atoms with Crippen molar-refractivity contribution in [3.63, 3.8) is 0 Å². The van der Waals surface area contributed by atoms with Gasteiger partial charge in [-0.05, 0) is 60.2 Å². The number of ether oxygens (including phenoxy) is 1. The second-order valence-electron chi connectivity index (χ2n) is 8.02.